The lowest BCUT2D eigenvalue weighted by Gasteiger charge is -2.42. The van der Waals surface area contributed by atoms with Crippen LogP contribution in [0.4, 0.5) is 0 Å². The van der Waals surface area contributed by atoms with Gasteiger partial charge in [-0.3, -0.25) is 9.69 Å². The van der Waals surface area contributed by atoms with Crippen LogP contribution < -0.4 is 0 Å². The van der Waals surface area contributed by atoms with Crippen molar-refractivity contribution in [3.8, 4) is 0 Å². The van der Waals surface area contributed by atoms with Crippen LogP contribution in [-0.2, 0) is 9.59 Å². The van der Waals surface area contributed by atoms with Crippen molar-refractivity contribution in [1.29, 1.82) is 0 Å². The number of hydrogen-bond donors (Lipinski definition) is 1. The summed E-state index contributed by atoms with van der Waals surface area (Å²) >= 11 is 1.43. The number of fused-ring (bicyclic) bond motifs is 1. The van der Waals surface area contributed by atoms with Crippen molar-refractivity contribution in [3.63, 3.8) is 0 Å². The fraction of sp³-hybridized carbons (Fsp3) is 0.250. The lowest BCUT2D eigenvalue weighted by molar-refractivity contribution is -0.145. The van der Waals surface area contributed by atoms with E-state index in [2.05, 4.69) is 6.58 Å². The van der Waals surface area contributed by atoms with Crippen LogP contribution in [0.2, 0.25) is 0 Å². The smallest absolute Gasteiger partial charge is 0.352 e. The number of aliphatic carboxylic acids is 1. The van der Waals surface area contributed by atoms with Gasteiger partial charge in [0.1, 0.15) is 5.70 Å². The van der Waals surface area contributed by atoms with Crippen molar-refractivity contribution < 1.29 is 14.7 Å². The molecule has 0 aromatic rings. The van der Waals surface area contributed by atoms with Crippen LogP contribution in [0.5, 0.6) is 0 Å². The third kappa shape index (κ3) is 1.53. The maximum atomic E-state index is 11.1. The van der Waals surface area contributed by atoms with Gasteiger partial charge in [-0.1, -0.05) is 6.58 Å². The second-order valence-corrected chi connectivity index (χ2v) is 4.15. The summed E-state index contributed by atoms with van der Waals surface area (Å²) in [4.78, 5) is 23.8. The number of halogens is 1. The van der Waals surface area contributed by atoms with E-state index in [1.54, 1.807) is 0 Å². The Morgan fingerprint density at radius 2 is 2.36 bits per heavy atom. The zero-order valence-corrected chi connectivity index (χ0v) is 8.73. The van der Waals surface area contributed by atoms with E-state index in [-0.39, 0.29) is 29.4 Å². The van der Waals surface area contributed by atoms with Crippen molar-refractivity contribution in [2.75, 3.05) is 0 Å². The minimum atomic E-state index is -1.07. The van der Waals surface area contributed by atoms with Crippen molar-refractivity contribution in [2.24, 2.45) is 0 Å². The Hall–Kier alpha value is -0.940. The summed E-state index contributed by atoms with van der Waals surface area (Å²) in [6.45, 7) is 3.68. The van der Waals surface area contributed by atoms with Crippen LogP contribution in [0.25, 0.3) is 0 Å². The van der Waals surface area contributed by atoms with Gasteiger partial charge in [-0.2, -0.15) is 0 Å². The summed E-state index contributed by atoms with van der Waals surface area (Å²) < 4.78 is 0. The molecule has 6 heteroatoms. The highest BCUT2D eigenvalue weighted by Crippen LogP contribution is 2.41. The van der Waals surface area contributed by atoms with Gasteiger partial charge in [0.25, 0.3) is 0 Å². The van der Waals surface area contributed by atoms with Gasteiger partial charge in [0, 0.05) is 4.91 Å². The molecule has 1 amide bonds. The Balaban J connectivity index is 0.000000980. The number of thioether (sulfide) groups is 1. The lowest BCUT2D eigenvalue weighted by atomic mass is 10.1. The van der Waals surface area contributed by atoms with Gasteiger partial charge in [-0.15, -0.1) is 24.2 Å². The third-order valence-corrected chi connectivity index (χ3v) is 3.04. The summed E-state index contributed by atoms with van der Waals surface area (Å²) in [5.41, 5.74) is 0.0463. The number of carbonyl (C=O) groups excluding carboxylic acids is 1. The van der Waals surface area contributed by atoms with E-state index in [4.69, 9.17) is 5.11 Å². The summed E-state index contributed by atoms with van der Waals surface area (Å²) in [6, 6.07) is 0. The average Bonchev–Trinajstić information content (AvgIpc) is 2.01. The van der Waals surface area contributed by atoms with Gasteiger partial charge < -0.3 is 5.11 Å². The van der Waals surface area contributed by atoms with Crippen LogP contribution >= 0.6 is 24.2 Å². The topological polar surface area (TPSA) is 57.6 Å². The van der Waals surface area contributed by atoms with E-state index in [1.165, 1.54) is 22.7 Å². The first kappa shape index (κ1) is 11.1. The first-order chi connectivity index (χ1) is 6.09. The highest BCUT2D eigenvalue weighted by atomic mass is 35.5. The van der Waals surface area contributed by atoms with Crippen molar-refractivity contribution >= 4 is 36.0 Å². The Bertz CT molecular complexity index is 352. The SMILES string of the molecule is C=C1C=C(C(=O)O)N2C(=O)CC2S1.Cl. The maximum Gasteiger partial charge on any atom is 0.352 e. The number of carboxylic acid groups (broad SMARTS) is 1. The molecule has 0 saturated carbocycles. The minimum absolute atomic E-state index is 0. The monoisotopic (exact) mass is 233 g/mol. The zero-order valence-electron chi connectivity index (χ0n) is 7.10. The average molecular weight is 234 g/mol. The molecule has 1 unspecified atom stereocenters. The molecule has 4 nitrogen and oxygen atoms in total. The van der Waals surface area contributed by atoms with E-state index in [9.17, 15) is 9.59 Å². The number of nitrogens with zero attached hydrogens (tertiary/aromatic N) is 1. The summed E-state index contributed by atoms with van der Waals surface area (Å²) in [7, 11) is 0. The molecule has 2 rings (SSSR count). The maximum absolute atomic E-state index is 11.1. The molecule has 0 aromatic carbocycles. The molecule has 0 aliphatic carbocycles. The second kappa shape index (κ2) is 3.67. The summed E-state index contributed by atoms with van der Waals surface area (Å²) in [5.74, 6) is -1.20. The van der Waals surface area contributed by atoms with E-state index < -0.39 is 5.97 Å². The quantitative estimate of drug-likeness (QED) is 0.692. The molecular formula is C8H8ClNO3S. The summed E-state index contributed by atoms with van der Waals surface area (Å²) in [6.07, 6.45) is 1.84. The molecule has 1 fully saturated rings. The third-order valence-electron chi connectivity index (χ3n) is 1.97. The van der Waals surface area contributed by atoms with Crippen molar-refractivity contribution in [1.82, 2.24) is 4.90 Å². The normalized spacial score (nSPS) is 24.4. The molecule has 2 aliphatic rings. The van der Waals surface area contributed by atoms with Gasteiger partial charge in [0.15, 0.2) is 0 Å². The van der Waals surface area contributed by atoms with Crippen LogP contribution in [0.1, 0.15) is 6.42 Å². The highest BCUT2D eigenvalue weighted by molar-refractivity contribution is 8.04. The number of rotatable bonds is 1. The Morgan fingerprint density at radius 1 is 1.71 bits per heavy atom. The van der Waals surface area contributed by atoms with Gasteiger partial charge in [0.05, 0.1) is 11.8 Å². The first-order valence-corrected chi connectivity index (χ1v) is 4.60. The van der Waals surface area contributed by atoms with Crippen LogP contribution in [0.3, 0.4) is 0 Å². The summed E-state index contributed by atoms with van der Waals surface area (Å²) in [5, 5.41) is 8.74. The highest BCUT2D eigenvalue weighted by Gasteiger charge is 2.43. The van der Waals surface area contributed by atoms with Crippen molar-refractivity contribution in [2.45, 2.75) is 11.8 Å². The van der Waals surface area contributed by atoms with E-state index >= 15 is 0 Å². The number of allylic oxidation sites excluding steroid dienone is 1. The van der Waals surface area contributed by atoms with E-state index in [1.807, 2.05) is 0 Å². The molecule has 1 atom stereocenters. The molecule has 0 aromatic heterocycles. The molecule has 76 valence electrons. The largest absolute Gasteiger partial charge is 0.477 e. The predicted octanol–water partition coefficient (Wildman–Crippen LogP) is 1.20. The molecule has 2 heterocycles. The number of β-lactam (4-membered cyclic amide) rings is 1. The minimum Gasteiger partial charge on any atom is -0.477 e. The molecular weight excluding hydrogens is 226 g/mol. The van der Waals surface area contributed by atoms with Gasteiger partial charge in [-0.05, 0) is 6.08 Å². The molecule has 14 heavy (non-hydrogen) atoms. The molecule has 0 spiro atoms. The van der Waals surface area contributed by atoms with Gasteiger partial charge >= 0.3 is 5.97 Å². The molecule has 0 bridgehead atoms. The molecule has 1 N–H and O–H groups in total. The fourth-order valence-electron chi connectivity index (χ4n) is 1.37. The number of amides is 1. The molecule has 2 aliphatic heterocycles. The van der Waals surface area contributed by atoms with E-state index in [0.29, 0.717) is 11.3 Å². The Kier molecular flexibility index (Phi) is 2.92. The van der Waals surface area contributed by atoms with E-state index in [0.717, 1.165) is 0 Å². The number of hydrogen-bond acceptors (Lipinski definition) is 3. The Morgan fingerprint density at radius 3 is 2.86 bits per heavy atom. The predicted molar refractivity (Wildman–Crippen MR) is 54.9 cm³/mol. The standard InChI is InChI=1S/C8H7NO3S.ClH/c1-4-2-5(8(11)12)9-6(10)3-7(9)13-4;/h2,7H,1,3H2,(H,11,12);1H. The first-order valence-electron chi connectivity index (χ1n) is 3.72. The van der Waals surface area contributed by atoms with Crippen LogP contribution in [0.15, 0.2) is 23.3 Å². The number of carbonyl (C=O) groups is 2. The lowest BCUT2D eigenvalue weighted by Crippen LogP contribution is -2.52. The second-order valence-electron chi connectivity index (χ2n) is 2.84. The fourth-order valence-corrected chi connectivity index (χ4v) is 2.46. The molecule has 0 radical (unpaired) electrons. The van der Waals surface area contributed by atoms with Crippen molar-refractivity contribution in [3.05, 3.63) is 23.3 Å². The Labute approximate surface area is 91.1 Å². The number of carboxylic acids is 1. The van der Waals surface area contributed by atoms with Crippen LogP contribution in [-0.4, -0.2) is 27.3 Å². The van der Waals surface area contributed by atoms with Crippen LogP contribution in [0, 0.1) is 0 Å². The van der Waals surface area contributed by atoms with Gasteiger partial charge in [-0.25, -0.2) is 4.79 Å². The molecule has 1 saturated heterocycles. The zero-order chi connectivity index (χ0) is 9.59. The van der Waals surface area contributed by atoms with Gasteiger partial charge in [0.2, 0.25) is 5.91 Å².